The van der Waals surface area contributed by atoms with E-state index in [1.807, 2.05) is 22.9 Å². The molecule has 0 aliphatic heterocycles. The van der Waals surface area contributed by atoms with E-state index < -0.39 is 4.92 Å². The molecule has 0 aliphatic carbocycles. The molecule has 0 atom stereocenters. The van der Waals surface area contributed by atoms with E-state index in [1.54, 1.807) is 12.3 Å². The lowest BCUT2D eigenvalue weighted by molar-refractivity contribution is -0.384. The smallest absolute Gasteiger partial charge is 0.296 e. The molecule has 0 radical (unpaired) electrons. The lowest BCUT2D eigenvalue weighted by Crippen LogP contribution is -2.08. The van der Waals surface area contributed by atoms with Crippen LogP contribution in [0, 0.1) is 10.1 Å². The first kappa shape index (κ1) is 16.5. The number of anilines is 1. The number of imidazole rings is 1. The van der Waals surface area contributed by atoms with E-state index >= 15 is 0 Å². The second kappa shape index (κ2) is 7.04. The van der Waals surface area contributed by atoms with Crippen molar-refractivity contribution in [3.8, 4) is 11.5 Å². The van der Waals surface area contributed by atoms with E-state index in [4.69, 9.17) is 9.47 Å². The molecule has 0 saturated heterocycles. The fourth-order valence-corrected chi connectivity index (χ4v) is 2.49. The van der Waals surface area contributed by atoms with E-state index in [2.05, 4.69) is 15.3 Å². The summed E-state index contributed by atoms with van der Waals surface area (Å²) in [4.78, 5) is 19.4. The highest BCUT2D eigenvalue weighted by Crippen LogP contribution is 2.37. The molecule has 9 heteroatoms. The Kier molecular flexibility index (Phi) is 4.64. The molecule has 0 amide bonds. The molecule has 3 rings (SSSR count). The maximum Gasteiger partial charge on any atom is 0.296 e. The number of rotatable bonds is 7. The average Bonchev–Trinajstić information content (AvgIpc) is 3.03. The summed E-state index contributed by atoms with van der Waals surface area (Å²) >= 11 is 0. The van der Waals surface area contributed by atoms with Crippen LogP contribution in [0.3, 0.4) is 0 Å². The molecule has 9 nitrogen and oxygen atoms in total. The van der Waals surface area contributed by atoms with Crippen LogP contribution in [-0.2, 0) is 6.42 Å². The van der Waals surface area contributed by atoms with Gasteiger partial charge in [-0.1, -0.05) is 0 Å². The van der Waals surface area contributed by atoms with E-state index in [-0.39, 0.29) is 5.69 Å². The number of ether oxygens (including phenoxy) is 2. The zero-order valence-corrected chi connectivity index (χ0v) is 13.8. The van der Waals surface area contributed by atoms with Crippen LogP contribution in [-0.4, -0.2) is 40.1 Å². The van der Waals surface area contributed by atoms with E-state index in [1.165, 1.54) is 20.3 Å². The number of hydrogen-bond donors (Lipinski definition) is 1. The molecule has 0 saturated carbocycles. The highest BCUT2D eigenvalue weighted by atomic mass is 16.6. The van der Waals surface area contributed by atoms with Gasteiger partial charge in [0, 0.05) is 37.6 Å². The second-order valence-corrected chi connectivity index (χ2v) is 5.22. The molecule has 130 valence electrons. The zero-order valence-electron chi connectivity index (χ0n) is 13.8. The Morgan fingerprint density at radius 2 is 2.04 bits per heavy atom. The molecule has 0 bridgehead atoms. The molecule has 0 spiro atoms. The van der Waals surface area contributed by atoms with Crippen molar-refractivity contribution in [2.75, 3.05) is 26.1 Å². The maximum absolute atomic E-state index is 11.3. The first-order chi connectivity index (χ1) is 12.1. The monoisotopic (exact) mass is 343 g/mol. The van der Waals surface area contributed by atoms with Gasteiger partial charge in [0.1, 0.15) is 5.69 Å². The summed E-state index contributed by atoms with van der Waals surface area (Å²) in [5, 5.41) is 14.4. The molecular formula is C16H17N5O4. The van der Waals surface area contributed by atoms with Gasteiger partial charge in [-0.15, -0.1) is 0 Å². The van der Waals surface area contributed by atoms with Gasteiger partial charge >= 0.3 is 0 Å². The third-order valence-electron chi connectivity index (χ3n) is 3.68. The second-order valence-electron chi connectivity index (χ2n) is 5.22. The Morgan fingerprint density at radius 3 is 2.72 bits per heavy atom. The van der Waals surface area contributed by atoms with Crippen LogP contribution in [0.1, 0.15) is 5.69 Å². The molecule has 1 N–H and O–H groups in total. The van der Waals surface area contributed by atoms with Crippen molar-refractivity contribution in [2.24, 2.45) is 0 Å². The van der Waals surface area contributed by atoms with Crippen LogP contribution >= 0.6 is 0 Å². The van der Waals surface area contributed by atoms with Crippen molar-refractivity contribution in [2.45, 2.75) is 6.42 Å². The predicted molar refractivity (Wildman–Crippen MR) is 91.4 cm³/mol. The van der Waals surface area contributed by atoms with E-state index in [9.17, 15) is 10.1 Å². The highest BCUT2D eigenvalue weighted by molar-refractivity contribution is 5.68. The van der Waals surface area contributed by atoms with Gasteiger partial charge in [-0.25, -0.2) is 9.97 Å². The summed E-state index contributed by atoms with van der Waals surface area (Å²) in [7, 11) is 2.92. The van der Waals surface area contributed by atoms with Crippen molar-refractivity contribution in [3.63, 3.8) is 0 Å². The Labute approximate surface area is 143 Å². The maximum atomic E-state index is 11.3. The minimum atomic E-state index is -0.459. The van der Waals surface area contributed by atoms with Gasteiger partial charge < -0.3 is 14.8 Å². The third-order valence-corrected chi connectivity index (χ3v) is 3.68. The number of nitro groups is 1. The van der Waals surface area contributed by atoms with Gasteiger partial charge in [0.25, 0.3) is 5.69 Å². The number of aromatic nitrogens is 3. The van der Waals surface area contributed by atoms with Crippen molar-refractivity contribution in [1.82, 2.24) is 14.4 Å². The fraction of sp³-hybridized carbons (Fsp3) is 0.250. The summed E-state index contributed by atoms with van der Waals surface area (Å²) < 4.78 is 12.1. The topological polar surface area (TPSA) is 104 Å². The van der Waals surface area contributed by atoms with Crippen molar-refractivity contribution in [3.05, 3.63) is 52.6 Å². The van der Waals surface area contributed by atoms with Crippen molar-refractivity contribution >= 4 is 17.2 Å². The molecule has 0 fully saturated rings. The number of nitrogens with zero attached hydrogens (tertiary/aromatic N) is 4. The standard InChI is InChI=1S/C16H17N5O4/c1-24-14-8-12(13(21(22)23)9-15(14)25-2)17-6-4-11-10-20-7-3-5-18-16(20)19-11/h3,5,7-10,17H,4,6H2,1-2H3. The van der Waals surface area contributed by atoms with Gasteiger partial charge in [0.2, 0.25) is 5.78 Å². The van der Waals surface area contributed by atoms with Crippen molar-refractivity contribution in [1.29, 1.82) is 0 Å². The molecule has 25 heavy (non-hydrogen) atoms. The minimum Gasteiger partial charge on any atom is -0.493 e. The van der Waals surface area contributed by atoms with Crippen LogP contribution in [0.15, 0.2) is 36.8 Å². The van der Waals surface area contributed by atoms with Crippen LogP contribution in [0.4, 0.5) is 11.4 Å². The number of hydrogen-bond acceptors (Lipinski definition) is 7. The van der Waals surface area contributed by atoms with Gasteiger partial charge in [-0.05, 0) is 6.07 Å². The van der Waals surface area contributed by atoms with Crippen LogP contribution < -0.4 is 14.8 Å². The van der Waals surface area contributed by atoms with Crippen LogP contribution in [0.5, 0.6) is 11.5 Å². The highest BCUT2D eigenvalue weighted by Gasteiger charge is 2.19. The Bertz CT molecular complexity index is 876. The largest absolute Gasteiger partial charge is 0.493 e. The molecule has 2 aromatic heterocycles. The summed E-state index contributed by atoms with van der Waals surface area (Å²) in [6.07, 6.45) is 6.02. The number of nitro benzene ring substituents is 1. The summed E-state index contributed by atoms with van der Waals surface area (Å²) in [5.74, 6) is 1.35. The predicted octanol–water partition coefficient (Wildman–Crippen LogP) is 2.31. The number of methoxy groups -OCH3 is 2. The fourth-order valence-electron chi connectivity index (χ4n) is 2.49. The summed E-state index contributed by atoms with van der Waals surface area (Å²) in [6.45, 7) is 0.472. The Balaban J connectivity index is 1.76. The third kappa shape index (κ3) is 3.44. The van der Waals surface area contributed by atoms with Crippen LogP contribution in [0.25, 0.3) is 5.78 Å². The average molecular weight is 343 g/mol. The first-order valence-corrected chi connectivity index (χ1v) is 7.55. The Hall–Kier alpha value is -3.36. The minimum absolute atomic E-state index is 0.0747. The first-order valence-electron chi connectivity index (χ1n) is 7.55. The number of fused-ring (bicyclic) bond motifs is 1. The van der Waals surface area contributed by atoms with E-state index in [0.29, 0.717) is 35.9 Å². The molecule has 2 heterocycles. The van der Waals surface area contributed by atoms with E-state index in [0.717, 1.165) is 5.69 Å². The Morgan fingerprint density at radius 1 is 1.28 bits per heavy atom. The van der Waals surface area contributed by atoms with Crippen LogP contribution in [0.2, 0.25) is 0 Å². The molecule has 3 aromatic rings. The molecule has 0 unspecified atom stereocenters. The SMILES string of the molecule is COc1cc(NCCc2cn3cccnc3n2)c([N+](=O)[O-])cc1OC. The summed E-state index contributed by atoms with van der Waals surface area (Å²) in [5.41, 5.74) is 1.13. The van der Waals surface area contributed by atoms with Gasteiger partial charge in [-0.2, -0.15) is 0 Å². The van der Waals surface area contributed by atoms with Gasteiger partial charge in [0.15, 0.2) is 11.5 Å². The normalized spacial score (nSPS) is 10.6. The zero-order chi connectivity index (χ0) is 17.8. The number of nitrogens with one attached hydrogen (secondary N) is 1. The molecular weight excluding hydrogens is 326 g/mol. The lowest BCUT2D eigenvalue weighted by atomic mass is 10.2. The van der Waals surface area contributed by atoms with Gasteiger partial charge in [0.05, 0.1) is 30.9 Å². The van der Waals surface area contributed by atoms with Crippen molar-refractivity contribution < 1.29 is 14.4 Å². The number of benzene rings is 1. The molecule has 1 aromatic carbocycles. The van der Waals surface area contributed by atoms with Gasteiger partial charge in [-0.3, -0.25) is 14.5 Å². The summed E-state index contributed by atoms with van der Waals surface area (Å²) in [6, 6.07) is 4.72. The lowest BCUT2D eigenvalue weighted by Gasteiger charge is -2.11. The molecule has 0 aliphatic rings. The quantitative estimate of drug-likeness (QED) is 0.518.